The molecule has 1 spiro atoms. The molecule has 3 fully saturated rings. The van der Waals surface area contributed by atoms with Gasteiger partial charge >= 0.3 is 6.09 Å². The van der Waals surface area contributed by atoms with Crippen LogP contribution in [0.4, 0.5) is 16.3 Å². The number of piperidine rings is 1. The maximum atomic E-state index is 13.5. The second-order valence-electron chi connectivity index (χ2n) is 9.19. The van der Waals surface area contributed by atoms with E-state index in [2.05, 4.69) is 14.8 Å². The fraction of sp³-hybridized carbons (Fsp3) is 0.682. The maximum absolute atomic E-state index is 13.5. The third-order valence-corrected chi connectivity index (χ3v) is 7.24. The maximum Gasteiger partial charge on any atom is 0.411 e. The number of pyridine rings is 1. The van der Waals surface area contributed by atoms with Crippen LogP contribution < -0.4 is 9.80 Å². The van der Waals surface area contributed by atoms with Crippen molar-refractivity contribution in [2.45, 2.75) is 64.0 Å². The molecule has 0 aromatic carbocycles. The minimum absolute atomic E-state index is 0.213. The first-order chi connectivity index (χ1) is 14.3. The van der Waals surface area contributed by atoms with Gasteiger partial charge in [0, 0.05) is 32.7 Å². The summed E-state index contributed by atoms with van der Waals surface area (Å²) in [4.78, 5) is 34.7. The van der Waals surface area contributed by atoms with Gasteiger partial charge in [-0.3, -0.25) is 9.69 Å². The molecular weight excluding hydrogens is 384 g/mol. The predicted octanol–water partition coefficient (Wildman–Crippen LogP) is 2.63. The summed E-state index contributed by atoms with van der Waals surface area (Å²) < 4.78 is 0. The highest BCUT2D eigenvalue weighted by atomic mass is 16.4. The molecule has 1 aliphatic carbocycles. The number of rotatable bonds is 3. The van der Waals surface area contributed by atoms with Crippen LogP contribution in [0.3, 0.4) is 0 Å². The van der Waals surface area contributed by atoms with Crippen molar-refractivity contribution in [3.63, 3.8) is 0 Å². The van der Waals surface area contributed by atoms with Crippen LogP contribution in [0.15, 0.2) is 12.3 Å². The number of aromatic nitrogens is 1. The third-order valence-electron chi connectivity index (χ3n) is 7.24. The number of hydrogen-bond acceptors (Lipinski definition) is 5. The van der Waals surface area contributed by atoms with Gasteiger partial charge in [-0.15, -0.1) is 0 Å². The number of likely N-dealkylation sites (tertiary alicyclic amines) is 1. The van der Waals surface area contributed by atoms with Crippen LogP contribution in [-0.4, -0.2) is 70.9 Å². The highest BCUT2D eigenvalue weighted by Crippen LogP contribution is 2.43. The lowest BCUT2D eigenvalue weighted by Gasteiger charge is -2.41. The number of amides is 2. The van der Waals surface area contributed by atoms with Crippen LogP contribution in [0, 0.1) is 12.3 Å². The minimum Gasteiger partial charge on any atom is -0.465 e. The molecule has 2 saturated heterocycles. The molecule has 1 atom stereocenters. The first-order valence-corrected chi connectivity index (χ1v) is 11.0. The molecule has 2 N–H and O–H groups in total. The van der Waals surface area contributed by atoms with E-state index in [0.29, 0.717) is 12.2 Å². The van der Waals surface area contributed by atoms with Gasteiger partial charge in [0.15, 0.2) is 0 Å². The quantitative estimate of drug-likeness (QED) is 0.786. The molecule has 8 heteroatoms. The number of nitrogens with zero attached hydrogens (tertiary/aromatic N) is 4. The zero-order chi connectivity index (χ0) is 21.5. The molecular formula is C22H32N4O4. The lowest BCUT2D eigenvalue weighted by molar-refractivity contribution is -0.139. The molecule has 2 aliphatic heterocycles. The Hall–Kier alpha value is -2.35. The Morgan fingerprint density at radius 2 is 1.97 bits per heavy atom. The number of hydrogen-bond donors (Lipinski definition) is 2. The fourth-order valence-corrected chi connectivity index (χ4v) is 5.43. The highest BCUT2D eigenvalue weighted by Gasteiger charge is 2.50. The van der Waals surface area contributed by atoms with Gasteiger partial charge in [-0.05, 0) is 63.5 Å². The van der Waals surface area contributed by atoms with Gasteiger partial charge in [0.05, 0.1) is 23.4 Å². The number of anilines is 2. The van der Waals surface area contributed by atoms with Crippen molar-refractivity contribution in [3.8, 4) is 0 Å². The lowest BCUT2D eigenvalue weighted by Crippen LogP contribution is -2.50. The van der Waals surface area contributed by atoms with Crippen molar-refractivity contribution in [2.24, 2.45) is 5.41 Å². The number of aryl methyl sites for hydroxylation is 1. The lowest BCUT2D eigenvalue weighted by atomic mass is 9.78. The normalized spacial score (nSPS) is 29.5. The molecule has 8 nitrogen and oxygen atoms in total. The van der Waals surface area contributed by atoms with Gasteiger partial charge in [0.1, 0.15) is 5.82 Å². The van der Waals surface area contributed by atoms with Crippen molar-refractivity contribution in [1.29, 1.82) is 0 Å². The minimum atomic E-state index is -1.02. The second-order valence-corrected chi connectivity index (χ2v) is 9.19. The van der Waals surface area contributed by atoms with Gasteiger partial charge in [-0.25, -0.2) is 9.78 Å². The van der Waals surface area contributed by atoms with E-state index in [4.69, 9.17) is 0 Å². The highest BCUT2D eigenvalue weighted by molar-refractivity contribution is 5.87. The van der Waals surface area contributed by atoms with Crippen LogP contribution in [0.5, 0.6) is 0 Å². The summed E-state index contributed by atoms with van der Waals surface area (Å²) in [5, 5.41) is 19.0. The predicted molar refractivity (Wildman–Crippen MR) is 114 cm³/mol. The molecule has 4 rings (SSSR count). The average molecular weight is 417 g/mol. The first-order valence-electron chi connectivity index (χ1n) is 11.0. The van der Waals surface area contributed by atoms with Gasteiger partial charge in [0.2, 0.25) is 5.91 Å². The van der Waals surface area contributed by atoms with E-state index in [-0.39, 0.29) is 23.5 Å². The Labute approximate surface area is 177 Å². The van der Waals surface area contributed by atoms with E-state index in [1.807, 2.05) is 13.0 Å². The summed E-state index contributed by atoms with van der Waals surface area (Å²) in [5.74, 6) is 1.11. The van der Waals surface area contributed by atoms with E-state index in [1.165, 1.54) is 7.05 Å². The van der Waals surface area contributed by atoms with Crippen LogP contribution in [0.2, 0.25) is 0 Å². The zero-order valence-corrected chi connectivity index (χ0v) is 17.9. The molecule has 0 bridgehead atoms. The average Bonchev–Trinajstić information content (AvgIpc) is 3.03. The third kappa shape index (κ3) is 3.73. The smallest absolute Gasteiger partial charge is 0.411 e. The van der Waals surface area contributed by atoms with Gasteiger partial charge in [0.25, 0.3) is 0 Å². The largest absolute Gasteiger partial charge is 0.465 e. The Bertz CT molecular complexity index is 823. The Kier molecular flexibility index (Phi) is 5.61. The van der Waals surface area contributed by atoms with Crippen molar-refractivity contribution < 1.29 is 19.8 Å². The topological polar surface area (TPSA) is 97.2 Å². The van der Waals surface area contributed by atoms with E-state index in [9.17, 15) is 19.8 Å². The van der Waals surface area contributed by atoms with E-state index < -0.39 is 6.09 Å². The summed E-state index contributed by atoms with van der Waals surface area (Å²) >= 11 is 0. The van der Waals surface area contributed by atoms with Crippen LogP contribution in [0.1, 0.15) is 50.5 Å². The Morgan fingerprint density at radius 3 is 2.63 bits per heavy atom. The standard InChI is InChI=1S/C22H32N4O4/c1-15-12-17(24(2)21(29)30)13-23-19(15)25-10-3-8-22(14-25)9-11-26(20(22)28)16-4-6-18(27)7-5-16/h12-13,16,18,27H,3-11,14H2,1-2H3,(H,29,30)/t16-,18+,22?. The van der Waals surface area contributed by atoms with Crippen molar-refractivity contribution in [3.05, 3.63) is 17.8 Å². The summed E-state index contributed by atoms with van der Waals surface area (Å²) in [5.41, 5.74) is 1.11. The number of carbonyl (C=O) groups excluding carboxylic acids is 1. The number of aliphatic hydroxyl groups is 1. The summed E-state index contributed by atoms with van der Waals surface area (Å²) in [6.07, 6.45) is 6.45. The number of carboxylic acid groups (broad SMARTS) is 1. The zero-order valence-electron chi connectivity index (χ0n) is 17.9. The summed E-state index contributed by atoms with van der Waals surface area (Å²) in [6, 6.07) is 2.11. The molecule has 1 aromatic rings. The molecule has 0 radical (unpaired) electrons. The van der Waals surface area contributed by atoms with E-state index in [0.717, 1.165) is 74.3 Å². The Morgan fingerprint density at radius 1 is 1.23 bits per heavy atom. The van der Waals surface area contributed by atoms with Crippen molar-refractivity contribution in [2.75, 3.05) is 36.5 Å². The fourth-order valence-electron chi connectivity index (χ4n) is 5.43. The molecule has 3 aliphatic rings. The van der Waals surface area contributed by atoms with Crippen molar-refractivity contribution >= 4 is 23.5 Å². The van der Waals surface area contributed by atoms with Crippen LogP contribution in [0.25, 0.3) is 0 Å². The Balaban J connectivity index is 1.49. The molecule has 3 heterocycles. The van der Waals surface area contributed by atoms with Crippen molar-refractivity contribution in [1.82, 2.24) is 9.88 Å². The van der Waals surface area contributed by atoms with E-state index in [1.54, 1.807) is 6.20 Å². The monoisotopic (exact) mass is 416 g/mol. The molecule has 1 unspecified atom stereocenters. The molecule has 30 heavy (non-hydrogen) atoms. The van der Waals surface area contributed by atoms with Gasteiger partial charge in [-0.2, -0.15) is 0 Å². The summed E-state index contributed by atoms with van der Waals surface area (Å²) in [6.45, 7) is 4.27. The molecule has 1 aromatic heterocycles. The first kappa shape index (κ1) is 20.9. The second kappa shape index (κ2) is 8.06. The van der Waals surface area contributed by atoms with Gasteiger partial charge < -0.3 is 20.0 Å². The summed E-state index contributed by atoms with van der Waals surface area (Å²) in [7, 11) is 1.50. The SMILES string of the molecule is Cc1cc(N(C)C(=O)O)cnc1N1CCCC2(CCN([C@H]3CC[C@@H](O)CC3)C2=O)C1. The van der Waals surface area contributed by atoms with Gasteiger partial charge in [-0.1, -0.05) is 0 Å². The number of carbonyl (C=O) groups is 2. The van der Waals surface area contributed by atoms with Crippen LogP contribution in [-0.2, 0) is 4.79 Å². The van der Waals surface area contributed by atoms with E-state index >= 15 is 0 Å². The molecule has 164 valence electrons. The molecule has 2 amide bonds. The number of aliphatic hydroxyl groups excluding tert-OH is 1. The molecule has 1 saturated carbocycles. The van der Waals surface area contributed by atoms with Crippen LogP contribution >= 0.6 is 0 Å².